The Morgan fingerprint density at radius 1 is 1.17 bits per heavy atom. The summed E-state index contributed by atoms with van der Waals surface area (Å²) in [6, 6.07) is 10.5. The SMILES string of the molecule is Cn1cnnc1C1CCN(Cc2ncc(-c3ccccc3)s2)CC1. The smallest absolute Gasteiger partial charge is 0.135 e. The van der Waals surface area contributed by atoms with E-state index in [2.05, 4.69) is 44.3 Å². The molecule has 1 fully saturated rings. The molecule has 0 amide bonds. The number of aryl methyl sites for hydroxylation is 1. The molecule has 124 valence electrons. The van der Waals surface area contributed by atoms with Gasteiger partial charge in [0.2, 0.25) is 0 Å². The van der Waals surface area contributed by atoms with Crippen molar-refractivity contribution in [3.8, 4) is 10.4 Å². The highest BCUT2D eigenvalue weighted by Crippen LogP contribution is 2.29. The van der Waals surface area contributed by atoms with Gasteiger partial charge < -0.3 is 4.57 Å². The molecule has 3 heterocycles. The van der Waals surface area contributed by atoms with E-state index in [1.807, 2.05) is 23.9 Å². The fraction of sp³-hybridized carbons (Fsp3) is 0.389. The quantitative estimate of drug-likeness (QED) is 0.731. The van der Waals surface area contributed by atoms with Gasteiger partial charge in [-0.1, -0.05) is 30.3 Å². The summed E-state index contributed by atoms with van der Waals surface area (Å²) >= 11 is 1.80. The first-order valence-corrected chi connectivity index (χ1v) is 9.17. The third-order valence-corrected chi connectivity index (χ3v) is 5.70. The fourth-order valence-electron chi connectivity index (χ4n) is 3.32. The van der Waals surface area contributed by atoms with Gasteiger partial charge in [0, 0.05) is 19.2 Å². The molecule has 6 heteroatoms. The monoisotopic (exact) mass is 339 g/mol. The summed E-state index contributed by atoms with van der Waals surface area (Å²) in [5.41, 5.74) is 1.25. The van der Waals surface area contributed by atoms with E-state index in [9.17, 15) is 0 Å². The Morgan fingerprint density at radius 3 is 2.67 bits per heavy atom. The second kappa shape index (κ2) is 6.83. The first kappa shape index (κ1) is 15.5. The number of aromatic nitrogens is 4. The molecule has 1 aliphatic heterocycles. The molecule has 1 saturated heterocycles. The highest BCUT2D eigenvalue weighted by atomic mass is 32.1. The van der Waals surface area contributed by atoms with E-state index in [-0.39, 0.29) is 0 Å². The largest absolute Gasteiger partial charge is 0.320 e. The molecule has 0 saturated carbocycles. The fourth-order valence-corrected chi connectivity index (χ4v) is 4.29. The molecule has 24 heavy (non-hydrogen) atoms. The lowest BCUT2D eigenvalue weighted by Gasteiger charge is -2.30. The van der Waals surface area contributed by atoms with Crippen LogP contribution in [0.5, 0.6) is 0 Å². The summed E-state index contributed by atoms with van der Waals surface area (Å²) in [6.45, 7) is 3.14. The van der Waals surface area contributed by atoms with Crippen LogP contribution in [0.2, 0.25) is 0 Å². The number of rotatable bonds is 4. The van der Waals surface area contributed by atoms with E-state index >= 15 is 0 Å². The van der Waals surface area contributed by atoms with E-state index in [1.165, 1.54) is 15.4 Å². The minimum absolute atomic E-state index is 0.532. The Kier molecular flexibility index (Phi) is 4.40. The summed E-state index contributed by atoms with van der Waals surface area (Å²) in [5.74, 6) is 1.65. The highest BCUT2D eigenvalue weighted by molar-refractivity contribution is 7.15. The molecule has 5 nitrogen and oxygen atoms in total. The Bertz CT molecular complexity index is 787. The molecule has 0 aliphatic carbocycles. The van der Waals surface area contributed by atoms with Gasteiger partial charge in [0.25, 0.3) is 0 Å². The molecule has 1 aromatic carbocycles. The van der Waals surface area contributed by atoms with E-state index in [1.54, 1.807) is 17.7 Å². The van der Waals surface area contributed by atoms with E-state index in [0.29, 0.717) is 5.92 Å². The van der Waals surface area contributed by atoms with E-state index < -0.39 is 0 Å². The van der Waals surface area contributed by atoms with Crippen molar-refractivity contribution >= 4 is 11.3 Å². The molecule has 0 atom stereocenters. The van der Waals surface area contributed by atoms with Gasteiger partial charge in [0.05, 0.1) is 11.4 Å². The average molecular weight is 339 g/mol. The van der Waals surface area contributed by atoms with Crippen LogP contribution in [0.15, 0.2) is 42.9 Å². The van der Waals surface area contributed by atoms with Crippen LogP contribution < -0.4 is 0 Å². The molecule has 3 aromatic rings. The van der Waals surface area contributed by atoms with E-state index in [4.69, 9.17) is 0 Å². The average Bonchev–Trinajstić information content (AvgIpc) is 3.26. The molecule has 2 aromatic heterocycles. The number of hydrogen-bond donors (Lipinski definition) is 0. The number of thiazole rings is 1. The number of nitrogens with zero attached hydrogens (tertiary/aromatic N) is 5. The first-order chi connectivity index (χ1) is 11.8. The summed E-state index contributed by atoms with van der Waals surface area (Å²) in [7, 11) is 2.03. The maximum absolute atomic E-state index is 4.62. The maximum Gasteiger partial charge on any atom is 0.135 e. The molecular weight excluding hydrogens is 318 g/mol. The molecule has 0 N–H and O–H groups in total. The number of likely N-dealkylation sites (tertiary alicyclic amines) is 1. The van der Waals surface area contributed by atoms with Gasteiger partial charge in [-0.15, -0.1) is 21.5 Å². The Labute approximate surface area is 146 Å². The van der Waals surface area contributed by atoms with Crippen molar-refractivity contribution in [3.63, 3.8) is 0 Å². The van der Waals surface area contributed by atoms with Gasteiger partial charge in [0.15, 0.2) is 0 Å². The van der Waals surface area contributed by atoms with Crippen molar-refractivity contribution in [1.29, 1.82) is 0 Å². The van der Waals surface area contributed by atoms with Gasteiger partial charge in [-0.25, -0.2) is 4.98 Å². The minimum atomic E-state index is 0.532. The summed E-state index contributed by atoms with van der Waals surface area (Å²) < 4.78 is 2.05. The van der Waals surface area contributed by atoms with Crippen molar-refractivity contribution in [2.75, 3.05) is 13.1 Å². The highest BCUT2D eigenvalue weighted by Gasteiger charge is 2.24. The normalized spacial score (nSPS) is 16.5. The zero-order valence-electron chi connectivity index (χ0n) is 13.8. The predicted octanol–water partition coefficient (Wildman–Crippen LogP) is 3.32. The zero-order chi connectivity index (χ0) is 16.4. The number of benzene rings is 1. The Morgan fingerprint density at radius 2 is 1.96 bits per heavy atom. The number of hydrogen-bond acceptors (Lipinski definition) is 5. The lowest BCUT2D eigenvalue weighted by atomic mass is 9.96. The van der Waals surface area contributed by atoms with Crippen LogP contribution in [-0.2, 0) is 13.6 Å². The van der Waals surface area contributed by atoms with Gasteiger partial charge in [-0.05, 0) is 31.5 Å². The molecule has 0 radical (unpaired) electrons. The van der Waals surface area contributed by atoms with Crippen LogP contribution in [0.25, 0.3) is 10.4 Å². The molecular formula is C18H21N5S. The Balaban J connectivity index is 1.36. The lowest BCUT2D eigenvalue weighted by molar-refractivity contribution is 0.200. The van der Waals surface area contributed by atoms with Gasteiger partial charge in [0.1, 0.15) is 17.2 Å². The second-order valence-electron chi connectivity index (χ2n) is 6.33. The van der Waals surface area contributed by atoms with Crippen molar-refractivity contribution in [2.45, 2.75) is 25.3 Å². The number of piperidine rings is 1. The standard InChI is InChI=1S/C18H21N5S/c1-22-13-20-21-18(22)15-7-9-23(10-8-15)12-17-19-11-16(24-17)14-5-3-2-4-6-14/h2-6,11,13,15H,7-10,12H2,1H3. The van der Waals surface area contributed by atoms with Crippen LogP contribution in [0.1, 0.15) is 29.6 Å². The summed E-state index contributed by atoms with van der Waals surface area (Å²) in [4.78, 5) is 8.37. The van der Waals surface area contributed by atoms with Crippen LogP contribution in [0.3, 0.4) is 0 Å². The molecule has 4 rings (SSSR count). The summed E-state index contributed by atoms with van der Waals surface area (Å²) in [5, 5.41) is 9.48. The van der Waals surface area contributed by atoms with Crippen LogP contribution in [0, 0.1) is 0 Å². The molecule has 1 aliphatic rings. The maximum atomic E-state index is 4.62. The second-order valence-corrected chi connectivity index (χ2v) is 7.45. The van der Waals surface area contributed by atoms with Crippen LogP contribution >= 0.6 is 11.3 Å². The predicted molar refractivity (Wildman–Crippen MR) is 95.8 cm³/mol. The van der Waals surface area contributed by atoms with Crippen molar-refractivity contribution in [1.82, 2.24) is 24.6 Å². The lowest BCUT2D eigenvalue weighted by Crippen LogP contribution is -2.33. The van der Waals surface area contributed by atoms with Gasteiger partial charge in [-0.2, -0.15) is 0 Å². The minimum Gasteiger partial charge on any atom is -0.320 e. The molecule has 0 spiro atoms. The van der Waals surface area contributed by atoms with Gasteiger partial charge >= 0.3 is 0 Å². The van der Waals surface area contributed by atoms with Crippen molar-refractivity contribution in [2.24, 2.45) is 7.05 Å². The van der Waals surface area contributed by atoms with Crippen LogP contribution in [-0.4, -0.2) is 37.7 Å². The molecule has 0 bridgehead atoms. The zero-order valence-corrected chi connectivity index (χ0v) is 14.6. The first-order valence-electron chi connectivity index (χ1n) is 8.36. The topological polar surface area (TPSA) is 46.8 Å². The molecule has 0 unspecified atom stereocenters. The van der Waals surface area contributed by atoms with Gasteiger partial charge in [-0.3, -0.25) is 4.90 Å². The summed E-state index contributed by atoms with van der Waals surface area (Å²) in [6.07, 6.45) is 6.08. The third-order valence-electron chi connectivity index (χ3n) is 4.67. The van der Waals surface area contributed by atoms with Crippen LogP contribution in [0.4, 0.5) is 0 Å². The Hall–Kier alpha value is -2.05. The van der Waals surface area contributed by atoms with E-state index in [0.717, 1.165) is 38.3 Å². The van der Waals surface area contributed by atoms with Crippen molar-refractivity contribution in [3.05, 3.63) is 53.7 Å². The van der Waals surface area contributed by atoms with Crippen molar-refractivity contribution < 1.29 is 0 Å². The third kappa shape index (κ3) is 3.25.